The summed E-state index contributed by atoms with van der Waals surface area (Å²) in [6.45, 7) is 4.41. The van der Waals surface area contributed by atoms with Gasteiger partial charge in [-0.3, -0.25) is 0 Å². The molecule has 0 amide bonds. The Morgan fingerprint density at radius 3 is 1.88 bits per heavy atom. The standard InChI is InChI=1S/C16H13Br/c1-10-13-5-3-4-6-14(13)11(2)16-9-12(17)7-8-15(10)16/h3-9H,1-2H3. The van der Waals surface area contributed by atoms with E-state index in [0.29, 0.717) is 0 Å². The largest absolute Gasteiger partial charge is 0.0616 e. The quantitative estimate of drug-likeness (QED) is 0.487. The molecule has 84 valence electrons. The zero-order valence-electron chi connectivity index (χ0n) is 9.92. The van der Waals surface area contributed by atoms with Gasteiger partial charge in [0.15, 0.2) is 0 Å². The highest BCUT2D eigenvalue weighted by atomic mass is 79.9. The van der Waals surface area contributed by atoms with Crippen LogP contribution >= 0.6 is 15.9 Å². The lowest BCUT2D eigenvalue weighted by molar-refractivity contribution is 1.52. The Kier molecular flexibility index (Phi) is 2.44. The molecule has 0 aliphatic heterocycles. The summed E-state index contributed by atoms with van der Waals surface area (Å²) in [5, 5.41) is 5.41. The lowest BCUT2D eigenvalue weighted by Gasteiger charge is -2.12. The van der Waals surface area contributed by atoms with E-state index < -0.39 is 0 Å². The molecule has 0 nitrogen and oxygen atoms in total. The van der Waals surface area contributed by atoms with Gasteiger partial charge < -0.3 is 0 Å². The summed E-state index contributed by atoms with van der Waals surface area (Å²) in [5.41, 5.74) is 2.73. The van der Waals surface area contributed by atoms with Crippen LogP contribution in [0.2, 0.25) is 0 Å². The van der Waals surface area contributed by atoms with Gasteiger partial charge in [-0.05, 0) is 58.7 Å². The third-order valence-electron chi connectivity index (χ3n) is 3.52. The Morgan fingerprint density at radius 1 is 0.706 bits per heavy atom. The fourth-order valence-electron chi connectivity index (χ4n) is 2.58. The highest BCUT2D eigenvalue weighted by Crippen LogP contribution is 2.33. The molecule has 0 bridgehead atoms. The van der Waals surface area contributed by atoms with Crippen LogP contribution in [0.25, 0.3) is 21.5 Å². The number of aryl methyl sites for hydroxylation is 2. The fourth-order valence-corrected chi connectivity index (χ4v) is 2.94. The Bertz CT molecular complexity index is 726. The van der Waals surface area contributed by atoms with Crippen LogP contribution in [-0.4, -0.2) is 0 Å². The molecule has 0 fully saturated rings. The first-order valence-corrected chi connectivity index (χ1v) is 6.55. The average molecular weight is 285 g/mol. The van der Waals surface area contributed by atoms with E-state index >= 15 is 0 Å². The molecule has 0 saturated heterocycles. The summed E-state index contributed by atoms with van der Waals surface area (Å²) in [7, 11) is 0. The van der Waals surface area contributed by atoms with Crippen molar-refractivity contribution in [2.24, 2.45) is 0 Å². The predicted octanol–water partition coefficient (Wildman–Crippen LogP) is 5.37. The highest BCUT2D eigenvalue weighted by Gasteiger charge is 2.07. The monoisotopic (exact) mass is 284 g/mol. The minimum absolute atomic E-state index is 1.14. The molecule has 0 saturated carbocycles. The van der Waals surface area contributed by atoms with Crippen molar-refractivity contribution in [3.8, 4) is 0 Å². The molecule has 0 spiro atoms. The van der Waals surface area contributed by atoms with Crippen molar-refractivity contribution in [1.29, 1.82) is 0 Å². The first-order valence-electron chi connectivity index (χ1n) is 5.75. The minimum atomic E-state index is 1.14. The minimum Gasteiger partial charge on any atom is -0.0616 e. The van der Waals surface area contributed by atoms with Gasteiger partial charge in [0.2, 0.25) is 0 Å². The molecule has 0 radical (unpaired) electrons. The molecule has 0 unspecified atom stereocenters. The third-order valence-corrected chi connectivity index (χ3v) is 4.02. The van der Waals surface area contributed by atoms with Gasteiger partial charge >= 0.3 is 0 Å². The number of benzene rings is 3. The molecule has 0 aromatic heterocycles. The molecule has 3 aromatic carbocycles. The fraction of sp³-hybridized carbons (Fsp3) is 0.125. The molecule has 0 aliphatic rings. The zero-order valence-corrected chi connectivity index (χ0v) is 11.5. The number of hydrogen-bond donors (Lipinski definition) is 0. The van der Waals surface area contributed by atoms with Gasteiger partial charge in [-0.1, -0.05) is 46.3 Å². The maximum absolute atomic E-state index is 3.56. The Labute approximate surface area is 109 Å². The molecule has 17 heavy (non-hydrogen) atoms. The van der Waals surface area contributed by atoms with Gasteiger partial charge in [-0.25, -0.2) is 0 Å². The Morgan fingerprint density at radius 2 is 1.24 bits per heavy atom. The second-order valence-electron chi connectivity index (χ2n) is 4.49. The zero-order chi connectivity index (χ0) is 12.0. The van der Waals surface area contributed by atoms with Crippen molar-refractivity contribution in [1.82, 2.24) is 0 Å². The summed E-state index contributed by atoms with van der Waals surface area (Å²) in [4.78, 5) is 0. The third kappa shape index (κ3) is 1.57. The summed E-state index contributed by atoms with van der Waals surface area (Å²) >= 11 is 3.56. The van der Waals surface area contributed by atoms with Crippen molar-refractivity contribution in [3.63, 3.8) is 0 Å². The molecular weight excluding hydrogens is 272 g/mol. The van der Waals surface area contributed by atoms with Gasteiger partial charge in [-0.15, -0.1) is 0 Å². The average Bonchev–Trinajstić information content (AvgIpc) is 2.36. The van der Waals surface area contributed by atoms with Crippen LogP contribution in [0.3, 0.4) is 0 Å². The second-order valence-corrected chi connectivity index (χ2v) is 5.40. The van der Waals surface area contributed by atoms with Crippen LogP contribution in [0, 0.1) is 13.8 Å². The molecule has 3 aromatic rings. The van der Waals surface area contributed by atoms with Gasteiger partial charge in [-0.2, -0.15) is 0 Å². The van der Waals surface area contributed by atoms with Crippen molar-refractivity contribution < 1.29 is 0 Å². The maximum atomic E-state index is 3.56. The lowest BCUT2D eigenvalue weighted by Crippen LogP contribution is -1.87. The smallest absolute Gasteiger partial charge is 0.0181 e. The molecule has 0 atom stereocenters. The van der Waals surface area contributed by atoms with Crippen LogP contribution in [-0.2, 0) is 0 Å². The van der Waals surface area contributed by atoms with E-state index in [1.165, 1.54) is 32.7 Å². The normalized spacial score (nSPS) is 11.2. The van der Waals surface area contributed by atoms with Crippen molar-refractivity contribution >= 4 is 37.5 Å². The van der Waals surface area contributed by atoms with Crippen molar-refractivity contribution in [2.45, 2.75) is 13.8 Å². The summed E-state index contributed by atoms with van der Waals surface area (Å²) in [5.74, 6) is 0. The van der Waals surface area contributed by atoms with E-state index in [9.17, 15) is 0 Å². The molecular formula is C16H13Br. The van der Waals surface area contributed by atoms with Crippen molar-refractivity contribution in [3.05, 3.63) is 58.1 Å². The Balaban J connectivity index is 2.63. The summed E-state index contributed by atoms with van der Waals surface area (Å²) in [6.07, 6.45) is 0. The molecule has 3 rings (SSSR count). The molecule has 0 heterocycles. The SMILES string of the molecule is Cc1c2ccccc2c(C)c2cc(Br)ccc12. The van der Waals surface area contributed by atoms with E-state index in [-0.39, 0.29) is 0 Å². The topological polar surface area (TPSA) is 0 Å². The number of halogens is 1. The van der Waals surface area contributed by atoms with E-state index in [1.54, 1.807) is 0 Å². The van der Waals surface area contributed by atoms with E-state index in [2.05, 4.69) is 72.2 Å². The van der Waals surface area contributed by atoms with Gasteiger partial charge in [0.05, 0.1) is 0 Å². The Hall–Kier alpha value is -1.34. The summed E-state index contributed by atoms with van der Waals surface area (Å²) < 4.78 is 1.14. The maximum Gasteiger partial charge on any atom is 0.0181 e. The van der Waals surface area contributed by atoms with Gasteiger partial charge in [0.25, 0.3) is 0 Å². The van der Waals surface area contributed by atoms with E-state index in [0.717, 1.165) is 4.47 Å². The van der Waals surface area contributed by atoms with Gasteiger partial charge in [0, 0.05) is 4.47 Å². The van der Waals surface area contributed by atoms with Crippen molar-refractivity contribution in [2.75, 3.05) is 0 Å². The second kappa shape index (κ2) is 3.85. The highest BCUT2D eigenvalue weighted by molar-refractivity contribution is 9.10. The van der Waals surface area contributed by atoms with Crippen LogP contribution in [0.5, 0.6) is 0 Å². The molecule has 1 heteroatoms. The number of fused-ring (bicyclic) bond motifs is 2. The molecule has 0 N–H and O–H groups in total. The first kappa shape index (κ1) is 10.8. The summed E-state index contributed by atoms with van der Waals surface area (Å²) in [6, 6.07) is 15.2. The first-order chi connectivity index (χ1) is 8.18. The van der Waals surface area contributed by atoms with E-state index in [4.69, 9.17) is 0 Å². The van der Waals surface area contributed by atoms with Crippen LogP contribution in [0.4, 0.5) is 0 Å². The van der Waals surface area contributed by atoms with Crippen LogP contribution < -0.4 is 0 Å². The number of rotatable bonds is 0. The molecule has 0 aliphatic carbocycles. The van der Waals surface area contributed by atoms with E-state index in [1.807, 2.05) is 0 Å². The predicted molar refractivity (Wildman–Crippen MR) is 78.6 cm³/mol. The lowest BCUT2D eigenvalue weighted by atomic mass is 9.93. The van der Waals surface area contributed by atoms with Crippen LogP contribution in [0.1, 0.15) is 11.1 Å². The number of hydrogen-bond acceptors (Lipinski definition) is 0. The van der Waals surface area contributed by atoms with Crippen LogP contribution in [0.15, 0.2) is 46.9 Å². The van der Waals surface area contributed by atoms with Gasteiger partial charge in [0.1, 0.15) is 0 Å².